The first kappa shape index (κ1) is 17.2. The van der Waals surface area contributed by atoms with E-state index in [1.54, 1.807) is 15.9 Å². The van der Waals surface area contributed by atoms with Crippen LogP contribution in [0.25, 0.3) is 0 Å². The Morgan fingerprint density at radius 1 is 1.40 bits per heavy atom. The van der Waals surface area contributed by atoms with Crippen molar-refractivity contribution in [1.82, 2.24) is 20.0 Å². The van der Waals surface area contributed by atoms with Crippen LogP contribution >= 0.6 is 0 Å². The van der Waals surface area contributed by atoms with Crippen LogP contribution in [0.4, 0.5) is 5.95 Å². The number of aromatic amines is 1. The van der Waals surface area contributed by atoms with Gasteiger partial charge in [0.1, 0.15) is 5.76 Å². The summed E-state index contributed by atoms with van der Waals surface area (Å²) >= 11 is 0. The van der Waals surface area contributed by atoms with Crippen molar-refractivity contribution in [3.63, 3.8) is 0 Å². The van der Waals surface area contributed by atoms with Gasteiger partial charge in [0.15, 0.2) is 5.69 Å². The van der Waals surface area contributed by atoms with E-state index in [2.05, 4.69) is 15.1 Å². The Labute approximate surface area is 145 Å². The Hall–Kier alpha value is -2.64. The highest BCUT2D eigenvalue weighted by Crippen LogP contribution is 2.27. The molecule has 1 saturated heterocycles. The molecular weight excluding hydrogens is 322 g/mol. The lowest BCUT2D eigenvalue weighted by atomic mass is 10.1. The lowest BCUT2D eigenvalue weighted by molar-refractivity contribution is 0.0780. The van der Waals surface area contributed by atoms with Crippen molar-refractivity contribution in [2.75, 3.05) is 32.1 Å². The molecule has 1 aliphatic rings. The Morgan fingerprint density at radius 2 is 2.16 bits per heavy atom. The molecule has 3 rings (SSSR count). The Balaban J connectivity index is 1.75. The number of nitrogens with zero attached hydrogens (tertiary/aromatic N) is 4. The van der Waals surface area contributed by atoms with Gasteiger partial charge in [0, 0.05) is 51.2 Å². The second-order valence-electron chi connectivity index (χ2n) is 6.89. The van der Waals surface area contributed by atoms with Gasteiger partial charge in [-0.25, -0.2) is 4.98 Å². The molecule has 1 N–H and O–H groups in total. The summed E-state index contributed by atoms with van der Waals surface area (Å²) in [5.74, 6) is 1.30. The summed E-state index contributed by atoms with van der Waals surface area (Å²) in [6.45, 7) is 5.11. The molecule has 0 radical (unpaired) electrons. The topological polar surface area (TPSA) is 95.3 Å². The summed E-state index contributed by atoms with van der Waals surface area (Å²) in [6.07, 6.45) is 0.768. The monoisotopic (exact) mass is 345 g/mol. The van der Waals surface area contributed by atoms with Crippen LogP contribution < -0.4 is 10.5 Å². The first-order valence-corrected chi connectivity index (χ1v) is 8.39. The first-order valence-electron chi connectivity index (χ1n) is 8.39. The molecular formula is C17H23N5O3. The normalized spacial score (nSPS) is 17.3. The smallest absolute Gasteiger partial charge is 0.276 e. The van der Waals surface area contributed by atoms with Gasteiger partial charge in [-0.3, -0.25) is 14.6 Å². The van der Waals surface area contributed by atoms with Crippen molar-refractivity contribution in [3.05, 3.63) is 39.6 Å². The zero-order chi connectivity index (χ0) is 18.1. The van der Waals surface area contributed by atoms with Crippen LogP contribution in [0.2, 0.25) is 0 Å². The van der Waals surface area contributed by atoms with E-state index in [1.165, 1.54) is 6.07 Å². The number of nitrogens with one attached hydrogen (secondary N) is 1. The van der Waals surface area contributed by atoms with E-state index >= 15 is 0 Å². The number of rotatable bonds is 4. The predicted octanol–water partition coefficient (Wildman–Crippen LogP) is 1.58. The molecule has 0 bridgehead atoms. The molecule has 1 atom stereocenters. The minimum absolute atomic E-state index is 0.0430. The van der Waals surface area contributed by atoms with Crippen molar-refractivity contribution in [1.29, 1.82) is 0 Å². The summed E-state index contributed by atoms with van der Waals surface area (Å²) in [7, 11) is 3.65. The minimum Gasteiger partial charge on any atom is -0.360 e. The van der Waals surface area contributed by atoms with Crippen molar-refractivity contribution in [2.24, 2.45) is 0 Å². The van der Waals surface area contributed by atoms with Gasteiger partial charge in [-0.15, -0.1) is 0 Å². The molecule has 134 valence electrons. The van der Waals surface area contributed by atoms with Gasteiger partial charge in [-0.2, -0.15) is 0 Å². The highest BCUT2D eigenvalue weighted by molar-refractivity contribution is 5.92. The van der Waals surface area contributed by atoms with Crippen LogP contribution in [-0.2, 0) is 0 Å². The second-order valence-corrected chi connectivity index (χ2v) is 6.89. The SMILES string of the molecule is CC(C)c1cc(C(=O)N2CCC(c3cc(=O)[nH]c(N(C)C)n3)C2)no1. The predicted molar refractivity (Wildman–Crippen MR) is 93.0 cm³/mol. The van der Waals surface area contributed by atoms with Crippen molar-refractivity contribution in [3.8, 4) is 0 Å². The zero-order valence-corrected chi connectivity index (χ0v) is 14.9. The van der Waals surface area contributed by atoms with Gasteiger partial charge in [-0.05, 0) is 6.42 Å². The standard InChI is InChI=1S/C17H23N5O3/c1-10(2)14-7-13(20-25-14)16(24)22-6-5-11(9-22)12-8-15(23)19-17(18-12)21(3)4/h7-8,10-11H,5-6,9H2,1-4H3,(H,18,19,23). The molecule has 25 heavy (non-hydrogen) atoms. The summed E-state index contributed by atoms with van der Waals surface area (Å²) < 4.78 is 5.22. The molecule has 0 spiro atoms. The van der Waals surface area contributed by atoms with Gasteiger partial charge >= 0.3 is 0 Å². The van der Waals surface area contributed by atoms with Gasteiger partial charge < -0.3 is 14.3 Å². The Morgan fingerprint density at radius 3 is 2.80 bits per heavy atom. The maximum atomic E-state index is 12.6. The molecule has 0 saturated carbocycles. The van der Waals surface area contributed by atoms with Crippen LogP contribution in [0.15, 0.2) is 21.5 Å². The number of likely N-dealkylation sites (tertiary alicyclic amines) is 1. The van der Waals surface area contributed by atoms with Gasteiger partial charge in [-0.1, -0.05) is 19.0 Å². The van der Waals surface area contributed by atoms with Crippen LogP contribution in [0.5, 0.6) is 0 Å². The van der Waals surface area contributed by atoms with E-state index in [9.17, 15) is 9.59 Å². The largest absolute Gasteiger partial charge is 0.360 e. The van der Waals surface area contributed by atoms with Crippen molar-refractivity contribution in [2.45, 2.75) is 32.1 Å². The van der Waals surface area contributed by atoms with E-state index < -0.39 is 0 Å². The number of carbonyl (C=O) groups excluding carboxylic acids is 1. The third-order valence-corrected chi connectivity index (χ3v) is 4.38. The number of aromatic nitrogens is 3. The quantitative estimate of drug-likeness (QED) is 0.904. The molecule has 1 aliphatic heterocycles. The maximum absolute atomic E-state index is 12.6. The lowest BCUT2D eigenvalue weighted by Gasteiger charge is -2.16. The number of anilines is 1. The Bertz CT molecular complexity index is 824. The third kappa shape index (κ3) is 3.57. The summed E-state index contributed by atoms with van der Waals surface area (Å²) in [6, 6.07) is 3.22. The van der Waals surface area contributed by atoms with Gasteiger partial charge in [0.05, 0.1) is 5.69 Å². The number of amides is 1. The highest BCUT2D eigenvalue weighted by atomic mass is 16.5. The van der Waals surface area contributed by atoms with E-state index in [1.807, 2.05) is 27.9 Å². The van der Waals surface area contributed by atoms with E-state index in [-0.39, 0.29) is 23.3 Å². The van der Waals surface area contributed by atoms with Gasteiger partial charge in [0.25, 0.3) is 11.5 Å². The fourth-order valence-corrected chi connectivity index (χ4v) is 2.89. The number of carbonyl (C=O) groups is 1. The molecule has 2 aromatic rings. The van der Waals surface area contributed by atoms with Crippen LogP contribution in [0.1, 0.15) is 54.0 Å². The van der Waals surface area contributed by atoms with Crippen molar-refractivity contribution < 1.29 is 9.32 Å². The van der Waals surface area contributed by atoms with Gasteiger partial charge in [0.2, 0.25) is 5.95 Å². The molecule has 8 nitrogen and oxygen atoms in total. The lowest BCUT2D eigenvalue weighted by Crippen LogP contribution is -2.29. The summed E-state index contributed by atoms with van der Waals surface area (Å²) in [5, 5.41) is 3.89. The fourth-order valence-electron chi connectivity index (χ4n) is 2.89. The fraction of sp³-hybridized carbons (Fsp3) is 0.529. The summed E-state index contributed by atoms with van der Waals surface area (Å²) in [4.78, 5) is 35.2. The molecule has 3 heterocycles. The molecule has 2 aromatic heterocycles. The third-order valence-electron chi connectivity index (χ3n) is 4.38. The van der Waals surface area contributed by atoms with E-state index in [4.69, 9.17) is 4.52 Å². The molecule has 1 fully saturated rings. The number of H-pyrrole nitrogens is 1. The molecule has 1 amide bonds. The maximum Gasteiger partial charge on any atom is 0.276 e. The molecule has 0 aliphatic carbocycles. The average Bonchev–Trinajstić information content (AvgIpc) is 3.23. The van der Waals surface area contributed by atoms with Crippen LogP contribution in [-0.4, -0.2) is 53.1 Å². The van der Waals surface area contributed by atoms with E-state index in [0.29, 0.717) is 36.2 Å². The van der Waals surface area contributed by atoms with Crippen molar-refractivity contribution >= 4 is 11.9 Å². The van der Waals surface area contributed by atoms with E-state index in [0.717, 1.165) is 6.42 Å². The highest BCUT2D eigenvalue weighted by Gasteiger charge is 2.31. The number of hydrogen-bond donors (Lipinski definition) is 1. The molecule has 0 aromatic carbocycles. The summed E-state index contributed by atoms with van der Waals surface area (Å²) in [5.41, 5.74) is 0.861. The Kier molecular flexibility index (Phi) is 4.61. The first-order chi connectivity index (χ1) is 11.8. The molecule has 8 heteroatoms. The zero-order valence-electron chi connectivity index (χ0n) is 14.9. The second kappa shape index (κ2) is 6.70. The average molecular weight is 345 g/mol. The number of hydrogen-bond acceptors (Lipinski definition) is 6. The molecule has 1 unspecified atom stereocenters. The van der Waals surface area contributed by atoms with Crippen LogP contribution in [0, 0.1) is 0 Å². The van der Waals surface area contributed by atoms with Crippen LogP contribution in [0.3, 0.4) is 0 Å². The minimum atomic E-state index is -0.184.